The molecule has 1 amide bonds. The summed E-state index contributed by atoms with van der Waals surface area (Å²) in [6.07, 6.45) is 0. The second-order valence-corrected chi connectivity index (χ2v) is 4.41. The quantitative estimate of drug-likeness (QED) is 0.820. The Hall–Kier alpha value is -2.65. The van der Waals surface area contributed by atoms with Crippen LogP contribution in [-0.4, -0.2) is 27.8 Å². The van der Waals surface area contributed by atoms with Crippen LogP contribution < -0.4 is 5.32 Å². The lowest BCUT2D eigenvalue weighted by atomic mass is 10.0. The molecule has 0 spiro atoms. The zero-order chi connectivity index (χ0) is 15.2. The molecule has 2 aromatic rings. The summed E-state index contributed by atoms with van der Waals surface area (Å²) in [5.41, 5.74) is 2.04. The van der Waals surface area contributed by atoms with Crippen molar-refractivity contribution in [1.82, 2.24) is 15.5 Å². The number of nitrogens with zero attached hydrogens (tertiary/aromatic N) is 2. The topological polar surface area (TPSA) is 88.2 Å². The number of aliphatic hydroxyl groups is 1. The first-order valence-corrected chi connectivity index (χ1v) is 6.38. The number of nitrogens with one attached hydrogen (secondary N) is 1. The second-order valence-electron chi connectivity index (χ2n) is 4.41. The molecule has 1 aromatic heterocycles. The summed E-state index contributed by atoms with van der Waals surface area (Å²) in [7, 11) is 0. The maximum Gasteiger partial charge on any atom is 0.252 e. The summed E-state index contributed by atoms with van der Waals surface area (Å²) in [5, 5.41) is 15.1. The van der Waals surface area contributed by atoms with Crippen LogP contribution in [0.2, 0.25) is 0 Å². The molecule has 0 atom stereocenters. The monoisotopic (exact) mass is 285 g/mol. The van der Waals surface area contributed by atoms with Crippen molar-refractivity contribution in [3.63, 3.8) is 0 Å². The van der Waals surface area contributed by atoms with Gasteiger partial charge in [-0.3, -0.25) is 4.79 Å². The van der Waals surface area contributed by atoms with Gasteiger partial charge in [-0.15, -0.1) is 0 Å². The molecule has 0 fully saturated rings. The number of aromatic nitrogens is 2. The minimum atomic E-state index is -0.240. The smallest absolute Gasteiger partial charge is 0.252 e. The van der Waals surface area contributed by atoms with Crippen LogP contribution in [0.4, 0.5) is 0 Å². The Balaban J connectivity index is 2.10. The number of rotatable bonds is 3. The van der Waals surface area contributed by atoms with Gasteiger partial charge in [0.1, 0.15) is 6.61 Å². The van der Waals surface area contributed by atoms with Gasteiger partial charge in [-0.05, 0) is 31.5 Å². The van der Waals surface area contributed by atoms with E-state index in [9.17, 15) is 4.79 Å². The molecule has 1 heterocycles. The lowest BCUT2D eigenvalue weighted by molar-refractivity contribution is 0.0945. The minimum Gasteiger partial charge on any atom is -0.384 e. The highest BCUT2D eigenvalue weighted by Crippen LogP contribution is 2.11. The van der Waals surface area contributed by atoms with Crippen LogP contribution in [0.3, 0.4) is 0 Å². The van der Waals surface area contributed by atoms with E-state index in [1.807, 2.05) is 13.0 Å². The second kappa shape index (κ2) is 6.68. The molecule has 0 unspecified atom stereocenters. The van der Waals surface area contributed by atoms with Gasteiger partial charge in [0, 0.05) is 11.1 Å². The first-order valence-electron chi connectivity index (χ1n) is 6.38. The predicted molar refractivity (Wildman–Crippen MR) is 75.3 cm³/mol. The van der Waals surface area contributed by atoms with Crippen molar-refractivity contribution in [3.8, 4) is 11.8 Å². The number of benzene rings is 1. The summed E-state index contributed by atoms with van der Waals surface area (Å²) >= 11 is 0. The molecule has 0 bridgehead atoms. The van der Waals surface area contributed by atoms with Crippen LogP contribution in [0.5, 0.6) is 0 Å². The normalized spacial score (nSPS) is 9.86. The van der Waals surface area contributed by atoms with E-state index in [0.717, 1.165) is 5.56 Å². The third-order valence-electron chi connectivity index (χ3n) is 2.76. The van der Waals surface area contributed by atoms with Gasteiger partial charge < -0.3 is 14.9 Å². The summed E-state index contributed by atoms with van der Waals surface area (Å²) < 4.78 is 4.93. The van der Waals surface area contributed by atoms with Gasteiger partial charge >= 0.3 is 0 Å². The molecule has 6 nitrogen and oxygen atoms in total. The third-order valence-corrected chi connectivity index (χ3v) is 2.76. The molecule has 2 rings (SSSR count). The lowest BCUT2D eigenvalue weighted by Crippen LogP contribution is -2.23. The summed E-state index contributed by atoms with van der Waals surface area (Å²) in [5.74, 6) is 5.97. The van der Waals surface area contributed by atoms with E-state index in [2.05, 4.69) is 27.3 Å². The van der Waals surface area contributed by atoms with Crippen molar-refractivity contribution in [2.45, 2.75) is 20.4 Å². The number of aryl methyl sites for hydroxylation is 2. The van der Waals surface area contributed by atoms with Crippen LogP contribution in [-0.2, 0) is 6.54 Å². The van der Waals surface area contributed by atoms with Gasteiger partial charge in [0.25, 0.3) is 5.91 Å². The van der Waals surface area contributed by atoms with Crippen LogP contribution in [0, 0.1) is 25.7 Å². The lowest BCUT2D eigenvalue weighted by Gasteiger charge is -2.06. The van der Waals surface area contributed by atoms with E-state index in [1.54, 1.807) is 19.1 Å². The van der Waals surface area contributed by atoms with Crippen LogP contribution >= 0.6 is 0 Å². The number of hydrogen-bond acceptors (Lipinski definition) is 5. The Bertz CT molecular complexity index is 710. The molecule has 0 radical (unpaired) electrons. The van der Waals surface area contributed by atoms with E-state index in [4.69, 9.17) is 9.63 Å². The zero-order valence-electron chi connectivity index (χ0n) is 11.8. The highest BCUT2D eigenvalue weighted by atomic mass is 16.5. The molecule has 0 aliphatic carbocycles. The SMILES string of the molecule is Cc1noc(CNC(=O)c2cc(C#CCO)ccc2C)n1. The number of carbonyl (C=O) groups excluding carboxylic acids is 1. The van der Waals surface area contributed by atoms with E-state index >= 15 is 0 Å². The fourth-order valence-corrected chi connectivity index (χ4v) is 1.75. The van der Waals surface area contributed by atoms with E-state index in [-0.39, 0.29) is 19.1 Å². The van der Waals surface area contributed by atoms with Gasteiger partial charge in [0.15, 0.2) is 5.82 Å². The van der Waals surface area contributed by atoms with Gasteiger partial charge in [0.05, 0.1) is 6.54 Å². The molecule has 0 aliphatic rings. The van der Waals surface area contributed by atoms with Crippen molar-refractivity contribution in [1.29, 1.82) is 0 Å². The van der Waals surface area contributed by atoms with E-state index in [0.29, 0.717) is 22.8 Å². The summed E-state index contributed by atoms with van der Waals surface area (Å²) in [6.45, 7) is 3.51. The van der Waals surface area contributed by atoms with Crippen LogP contribution in [0.1, 0.15) is 33.2 Å². The van der Waals surface area contributed by atoms with Crippen molar-refractivity contribution in [3.05, 3.63) is 46.6 Å². The number of hydrogen-bond donors (Lipinski definition) is 2. The van der Waals surface area contributed by atoms with Crippen LogP contribution in [0.25, 0.3) is 0 Å². The Morgan fingerprint density at radius 3 is 2.90 bits per heavy atom. The van der Waals surface area contributed by atoms with E-state index in [1.165, 1.54) is 0 Å². The van der Waals surface area contributed by atoms with Crippen molar-refractivity contribution < 1.29 is 14.4 Å². The maximum absolute atomic E-state index is 12.2. The first kappa shape index (κ1) is 14.8. The molecule has 0 saturated carbocycles. The average Bonchev–Trinajstić information content (AvgIpc) is 2.89. The Morgan fingerprint density at radius 2 is 2.24 bits per heavy atom. The number of amides is 1. The van der Waals surface area contributed by atoms with Crippen molar-refractivity contribution in [2.75, 3.05) is 6.61 Å². The van der Waals surface area contributed by atoms with Gasteiger partial charge in [-0.2, -0.15) is 4.98 Å². The number of aliphatic hydroxyl groups excluding tert-OH is 1. The predicted octanol–water partition coefficient (Wildman–Crippen LogP) is 0.960. The molecular weight excluding hydrogens is 270 g/mol. The Kier molecular flexibility index (Phi) is 4.69. The molecule has 0 aliphatic heterocycles. The fraction of sp³-hybridized carbons (Fsp3) is 0.267. The van der Waals surface area contributed by atoms with Crippen molar-refractivity contribution >= 4 is 5.91 Å². The molecule has 0 saturated heterocycles. The third kappa shape index (κ3) is 3.91. The maximum atomic E-state index is 12.2. The largest absolute Gasteiger partial charge is 0.384 e. The standard InChI is InChI=1S/C15H15N3O3/c1-10-5-6-12(4-3-7-19)8-13(10)15(20)16-9-14-17-11(2)18-21-14/h5-6,8,19H,7,9H2,1-2H3,(H,16,20). The first-order chi connectivity index (χ1) is 10.1. The van der Waals surface area contributed by atoms with E-state index < -0.39 is 0 Å². The van der Waals surface area contributed by atoms with Gasteiger partial charge in [-0.25, -0.2) is 0 Å². The molecule has 21 heavy (non-hydrogen) atoms. The van der Waals surface area contributed by atoms with Crippen LogP contribution in [0.15, 0.2) is 22.7 Å². The number of carbonyl (C=O) groups is 1. The molecule has 6 heteroatoms. The Labute approximate surface area is 122 Å². The fourth-order valence-electron chi connectivity index (χ4n) is 1.75. The van der Waals surface area contributed by atoms with Crippen molar-refractivity contribution in [2.24, 2.45) is 0 Å². The summed E-state index contributed by atoms with van der Waals surface area (Å²) in [6, 6.07) is 5.30. The van der Waals surface area contributed by atoms with Gasteiger partial charge in [-0.1, -0.05) is 23.1 Å². The molecular formula is C15H15N3O3. The van der Waals surface area contributed by atoms with Gasteiger partial charge in [0.2, 0.25) is 5.89 Å². The molecule has 2 N–H and O–H groups in total. The summed E-state index contributed by atoms with van der Waals surface area (Å²) in [4.78, 5) is 16.2. The zero-order valence-corrected chi connectivity index (χ0v) is 11.8. The molecule has 1 aromatic carbocycles. The molecule has 108 valence electrons. The Morgan fingerprint density at radius 1 is 1.43 bits per heavy atom. The highest BCUT2D eigenvalue weighted by Gasteiger charge is 2.11. The average molecular weight is 285 g/mol. The highest BCUT2D eigenvalue weighted by molar-refractivity contribution is 5.95. The minimum absolute atomic E-state index is 0.172.